The fourth-order valence-corrected chi connectivity index (χ4v) is 1.86. The molecule has 2 aromatic carbocycles. The Bertz CT molecular complexity index is 745. The number of nitrogens with zero attached hydrogens (tertiary/aromatic N) is 1. The van der Waals surface area contributed by atoms with E-state index in [0.29, 0.717) is 16.9 Å². The number of amides is 1. The average molecular weight is 329 g/mol. The number of carboxylic acids is 1. The SMILES string of the molecule is O=C([O-])COc1ccccc1/C=N\NC(=O)Cc1ccc(F)cc1. The zero-order valence-electron chi connectivity index (χ0n) is 12.6. The molecule has 0 spiro atoms. The Morgan fingerprint density at radius 1 is 1.17 bits per heavy atom. The first kappa shape index (κ1) is 17.1. The van der Waals surface area contributed by atoms with Crippen molar-refractivity contribution in [2.45, 2.75) is 6.42 Å². The lowest BCUT2D eigenvalue weighted by Gasteiger charge is -2.09. The standard InChI is InChI=1S/C17H15FN2O4/c18-14-7-5-12(6-8-14)9-16(21)20-19-10-13-3-1-2-4-15(13)24-11-17(22)23/h1-8,10H,9,11H2,(H,20,21)(H,22,23)/p-1/b19-10-. The third-order valence-corrected chi connectivity index (χ3v) is 2.94. The largest absolute Gasteiger partial charge is 0.546 e. The minimum absolute atomic E-state index is 0.0560. The van der Waals surface area contributed by atoms with Crippen molar-refractivity contribution in [1.29, 1.82) is 0 Å². The zero-order chi connectivity index (χ0) is 17.4. The molecule has 0 atom stereocenters. The second kappa shape index (κ2) is 8.42. The van der Waals surface area contributed by atoms with Gasteiger partial charge in [0.1, 0.15) is 18.2 Å². The average Bonchev–Trinajstić information content (AvgIpc) is 2.56. The zero-order valence-corrected chi connectivity index (χ0v) is 12.6. The molecular formula is C17H14FN2O4-. The molecule has 0 bridgehead atoms. The van der Waals surface area contributed by atoms with Crippen LogP contribution >= 0.6 is 0 Å². The van der Waals surface area contributed by atoms with Crippen LogP contribution in [0.2, 0.25) is 0 Å². The van der Waals surface area contributed by atoms with Crippen molar-refractivity contribution in [1.82, 2.24) is 5.43 Å². The summed E-state index contributed by atoms with van der Waals surface area (Å²) in [6, 6.07) is 12.2. The third-order valence-electron chi connectivity index (χ3n) is 2.94. The molecule has 0 aromatic heterocycles. The van der Waals surface area contributed by atoms with Gasteiger partial charge in [-0.3, -0.25) is 4.79 Å². The third kappa shape index (κ3) is 5.53. The number of para-hydroxylation sites is 1. The lowest BCUT2D eigenvalue weighted by atomic mass is 10.1. The van der Waals surface area contributed by atoms with Crippen LogP contribution in [0.15, 0.2) is 53.6 Å². The maximum Gasteiger partial charge on any atom is 0.244 e. The van der Waals surface area contributed by atoms with Crippen molar-refractivity contribution in [3.8, 4) is 5.75 Å². The van der Waals surface area contributed by atoms with Crippen molar-refractivity contribution >= 4 is 18.1 Å². The number of hydrogen-bond acceptors (Lipinski definition) is 5. The summed E-state index contributed by atoms with van der Waals surface area (Å²) in [5.41, 5.74) is 3.49. The smallest absolute Gasteiger partial charge is 0.244 e. The number of carboxylic acid groups (broad SMARTS) is 1. The minimum Gasteiger partial charge on any atom is -0.546 e. The van der Waals surface area contributed by atoms with Crippen LogP contribution in [-0.4, -0.2) is 24.7 Å². The number of hydrogen-bond donors (Lipinski definition) is 1. The predicted octanol–water partition coefficient (Wildman–Crippen LogP) is 0.647. The van der Waals surface area contributed by atoms with Gasteiger partial charge in [-0.25, -0.2) is 9.82 Å². The van der Waals surface area contributed by atoms with Crippen LogP contribution in [0.1, 0.15) is 11.1 Å². The van der Waals surface area contributed by atoms with Crippen LogP contribution in [0.5, 0.6) is 5.75 Å². The first-order valence-electron chi connectivity index (χ1n) is 7.02. The van der Waals surface area contributed by atoms with Gasteiger partial charge in [0.05, 0.1) is 18.6 Å². The number of nitrogens with one attached hydrogen (secondary N) is 1. The van der Waals surface area contributed by atoms with Gasteiger partial charge in [0.25, 0.3) is 0 Å². The van der Waals surface area contributed by atoms with Crippen LogP contribution in [0.4, 0.5) is 4.39 Å². The van der Waals surface area contributed by atoms with Crippen molar-refractivity contribution in [3.63, 3.8) is 0 Å². The minimum atomic E-state index is -1.34. The molecule has 1 N–H and O–H groups in total. The van der Waals surface area contributed by atoms with Crippen molar-refractivity contribution in [2.75, 3.05) is 6.61 Å². The van der Waals surface area contributed by atoms with Gasteiger partial charge in [0.2, 0.25) is 5.91 Å². The van der Waals surface area contributed by atoms with Crippen LogP contribution in [0, 0.1) is 5.82 Å². The quantitative estimate of drug-likeness (QED) is 0.596. The van der Waals surface area contributed by atoms with E-state index >= 15 is 0 Å². The summed E-state index contributed by atoms with van der Waals surface area (Å²) in [5.74, 6) is -1.77. The maximum atomic E-state index is 12.8. The summed E-state index contributed by atoms with van der Waals surface area (Å²) in [6.45, 7) is -0.582. The van der Waals surface area contributed by atoms with E-state index in [1.54, 1.807) is 24.3 Å². The molecule has 0 saturated heterocycles. The number of carbonyl (C=O) groups excluding carboxylic acids is 2. The number of ether oxygens (including phenoxy) is 1. The number of carbonyl (C=O) groups is 2. The molecule has 0 aliphatic carbocycles. The molecule has 7 heteroatoms. The normalized spacial score (nSPS) is 10.5. The van der Waals surface area contributed by atoms with E-state index in [1.165, 1.54) is 30.5 Å². The predicted molar refractivity (Wildman–Crippen MR) is 82.8 cm³/mol. The van der Waals surface area contributed by atoms with E-state index in [2.05, 4.69) is 10.5 Å². The molecule has 0 radical (unpaired) electrons. The van der Waals surface area contributed by atoms with E-state index in [1.807, 2.05) is 0 Å². The lowest BCUT2D eigenvalue weighted by molar-refractivity contribution is -0.307. The molecule has 0 aliphatic heterocycles. The van der Waals surface area contributed by atoms with E-state index < -0.39 is 12.6 Å². The summed E-state index contributed by atoms with van der Waals surface area (Å²) in [4.78, 5) is 22.2. The summed E-state index contributed by atoms with van der Waals surface area (Å²) >= 11 is 0. The molecule has 124 valence electrons. The summed E-state index contributed by atoms with van der Waals surface area (Å²) in [7, 11) is 0. The summed E-state index contributed by atoms with van der Waals surface area (Å²) in [5, 5.41) is 14.2. The first-order valence-corrected chi connectivity index (χ1v) is 7.02. The first-order chi connectivity index (χ1) is 11.5. The number of hydrazone groups is 1. The van der Waals surface area contributed by atoms with Gasteiger partial charge in [0, 0.05) is 5.56 Å². The second-order valence-corrected chi connectivity index (χ2v) is 4.79. The molecule has 1 amide bonds. The van der Waals surface area contributed by atoms with Crippen molar-refractivity contribution < 1.29 is 23.8 Å². The monoisotopic (exact) mass is 329 g/mol. The topological polar surface area (TPSA) is 90.8 Å². The van der Waals surface area contributed by atoms with Gasteiger partial charge in [-0.15, -0.1) is 0 Å². The fourth-order valence-electron chi connectivity index (χ4n) is 1.86. The number of halogens is 1. The van der Waals surface area contributed by atoms with Gasteiger partial charge in [0.15, 0.2) is 0 Å². The van der Waals surface area contributed by atoms with Gasteiger partial charge < -0.3 is 14.6 Å². The fraction of sp³-hybridized carbons (Fsp3) is 0.118. The van der Waals surface area contributed by atoms with Crippen LogP contribution in [0.3, 0.4) is 0 Å². The van der Waals surface area contributed by atoms with Crippen molar-refractivity contribution in [2.24, 2.45) is 5.10 Å². The Labute approximate surface area is 137 Å². The van der Waals surface area contributed by atoms with E-state index in [9.17, 15) is 19.1 Å². The van der Waals surface area contributed by atoms with E-state index in [4.69, 9.17) is 4.74 Å². The molecular weight excluding hydrogens is 315 g/mol. The Hall–Kier alpha value is -3.22. The molecule has 0 fully saturated rings. The molecule has 0 heterocycles. The van der Waals surface area contributed by atoms with E-state index in [-0.39, 0.29) is 18.1 Å². The summed E-state index contributed by atoms with van der Waals surface area (Å²) < 4.78 is 17.8. The van der Waals surface area contributed by atoms with E-state index in [0.717, 1.165) is 0 Å². The second-order valence-electron chi connectivity index (χ2n) is 4.79. The number of benzene rings is 2. The van der Waals surface area contributed by atoms with Gasteiger partial charge in [-0.1, -0.05) is 24.3 Å². The Morgan fingerprint density at radius 2 is 1.88 bits per heavy atom. The molecule has 0 saturated carbocycles. The highest BCUT2D eigenvalue weighted by Gasteiger charge is 2.03. The Balaban J connectivity index is 1.92. The highest BCUT2D eigenvalue weighted by atomic mass is 19.1. The molecule has 6 nitrogen and oxygen atoms in total. The maximum absolute atomic E-state index is 12.8. The van der Waals surface area contributed by atoms with Gasteiger partial charge in [-0.05, 0) is 29.8 Å². The Morgan fingerprint density at radius 3 is 2.58 bits per heavy atom. The summed E-state index contributed by atoms with van der Waals surface area (Å²) in [6.07, 6.45) is 1.40. The Kier molecular flexibility index (Phi) is 6.01. The van der Waals surface area contributed by atoms with Crippen LogP contribution in [-0.2, 0) is 16.0 Å². The molecule has 2 aromatic rings. The van der Waals surface area contributed by atoms with Crippen LogP contribution < -0.4 is 15.3 Å². The van der Waals surface area contributed by atoms with Crippen LogP contribution in [0.25, 0.3) is 0 Å². The molecule has 0 unspecified atom stereocenters. The number of aliphatic carboxylic acids is 1. The lowest BCUT2D eigenvalue weighted by Crippen LogP contribution is -2.29. The molecule has 24 heavy (non-hydrogen) atoms. The van der Waals surface area contributed by atoms with Crippen molar-refractivity contribution in [3.05, 3.63) is 65.5 Å². The number of rotatable bonds is 7. The highest BCUT2D eigenvalue weighted by molar-refractivity contribution is 5.85. The molecule has 0 aliphatic rings. The van der Waals surface area contributed by atoms with Gasteiger partial charge >= 0.3 is 0 Å². The van der Waals surface area contributed by atoms with Gasteiger partial charge in [-0.2, -0.15) is 5.10 Å². The highest BCUT2D eigenvalue weighted by Crippen LogP contribution is 2.15. The molecule has 2 rings (SSSR count).